The molecule has 0 radical (unpaired) electrons. The second-order valence-electron chi connectivity index (χ2n) is 6.68. The molecule has 160 valence electrons. The van der Waals surface area contributed by atoms with E-state index >= 15 is 0 Å². The van der Waals surface area contributed by atoms with Crippen molar-refractivity contribution in [3.8, 4) is 17.2 Å². The molecule has 0 saturated heterocycles. The minimum Gasteiger partial charge on any atom is -0.493 e. The lowest BCUT2D eigenvalue weighted by atomic mass is 10.2. The maximum absolute atomic E-state index is 12.2. The van der Waals surface area contributed by atoms with Crippen molar-refractivity contribution in [1.29, 1.82) is 0 Å². The first-order valence-corrected chi connectivity index (χ1v) is 9.65. The van der Waals surface area contributed by atoms with Crippen molar-refractivity contribution >= 4 is 23.6 Å². The monoisotopic (exact) mass is 412 g/mol. The van der Waals surface area contributed by atoms with Gasteiger partial charge >= 0.3 is 0 Å². The van der Waals surface area contributed by atoms with E-state index in [4.69, 9.17) is 14.2 Å². The average Bonchev–Trinajstić information content (AvgIpc) is 2.75. The van der Waals surface area contributed by atoms with E-state index in [1.54, 1.807) is 51.5 Å². The van der Waals surface area contributed by atoms with E-state index in [0.717, 1.165) is 12.0 Å². The van der Waals surface area contributed by atoms with Gasteiger partial charge in [0.05, 0.1) is 13.7 Å². The topological polar surface area (TPSA) is 77.1 Å². The molecule has 0 aliphatic rings. The molecule has 0 saturated carbocycles. The van der Waals surface area contributed by atoms with Crippen LogP contribution in [0.5, 0.6) is 17.2 Å². The predicted octanol–water partition coefficient (Wildman–Crippen LogP) is 3.60. The predicted molar refractivity (Wildman–Crippen MR) is 117 cm³/mol. The Bertz CT molecular complexity index is 876. The number of hydrogen-bond acceptors (Lipinski definition) is 5. The number of amides is 2. The minimum absolute atomic E-state index is 0.0345. The first kappa shape index (κ1) is 22.8. The fourth-order valence-corrected chi connectivity index (χ4v) is 2.38. The molecular weight excluding hydrogens is 384 g/mol. The van der Waals surface area contributed by atoms with Crippen molar-refractivity contribution in [3.05, 3.63) is 54.1 Å². The highest BCUT2D eigenvalue weighted by molar-refractivity contribution is 6.02. The number of methoxy groups -OCH3 is 1. The second kappa shape index (κ2) is 11.5. The van der Waals surface area contributed by atoms with Crippen LogP contribution >= 0.6 is 0 Å². The van der Waals surface area contributed by atoms with Crippen LogP contribution in [0.25, 0.3) is 6.08 Å². The number of benzene rings is 2. The van der Waals surface area contributed by atoms with E-state index in [2.05, 4.69) is 5.32 Å². The second-order valence-corrected chi connectivity index (χ2v) is 6.68. The summed E-state index contributed by atoms with van der Waals surface area (Å²) in [6.07, 6.45) is 4.06. The maximum atomic E-state index is 12.2. The molecule has 0 fully saturated rings. The first-order chi connectivity index (χ1) is 14.4. The van der Waals surface area contributed by atoms with Crippen LogP contribution in [-0.4, -0.2) is 51.1 Å². The van der Waals surface area contributed by atoms with Crippen molar-refractivity contribution in [3.63, 3.8) is 0 Å². The minimum atomic E-state index is -0.267. The molecule has 2 rings (SSSR count). The molecule has 0 heterocycles. The lowest BCUT2D eigenvalue weighted by Crippen LogP contribution is -2.27. The third kappa shape index (κ3) is 7.16. The van der Waals surface area contributed by atoms with Crippen LogP contribution in [0.4, 0.5) is 5.69 Å². The van der Waals surface area contributed by atoms with E-state index in [1.807, 2.05) is 25.1 Å². The van der Waals surface area contributed by atoms with Gasteiger partial charge in [-0.05, 0) is 54.5 Å². The summed E-state index contributed by atoms with van der Waals surface area (Å²) >= 11 is 0. The zero-order chi connectivity index (χ0) is 21.9. The number of rotatable bonds is 10. The van der Waals surface area contributed by atoms with Gasteiger partial charge in [0.1, 0.15) is 5.75 Å². The summed E-state index contributed by atoms with van der Waals surface area (Å²) in [6.45, 7) is 2.62. The zero-order valence-electron chi connectivity index (χ0n) is 17.8. The summed E-state index contributed by atoms with van der Waals surface area (Å²) in [5, 5.41) is 2.78. The molecule has 7 nitrogen and oxygen atoms in total. The number of anilines is 1. The molecular formula is C23H28N2O5. The van der Waals surface area contributed by atoms with Crippen LogP contribution in [0.15, 0.2) is 48.5 Å². The fraction of sp³-hybridized carbons (Fsp3) is 0.304. The number of hydrogen-bond donors (Lipinski definition) is 1. The van der Waals surface area contributed by atoms with E-state index in [9.17, 15) is 9.59 Å². The molecule has 0 bridgehead atoms. The number of ether oxygens (including phenoxy) is 3. The quantitative estimate of drug-likeness (QED) is 0.604. The van der Waals surface area contributed by atoms with Crippen LogP contribution in [0.2, 0.25) is 0 Å². The average molecular weight is 412 g/mol. The number of nitrogens with one attached hydrogen (secondary N) is 1. The normalized spacial score (nSPS) is 10.5. The number of likely N-dealkylation sites (N-methyl/N-ethyl adjacent to an activating group) is 1. The van der Waals surface area contributed by atoms with Gasteiger partial charge < -0.3 is 24.4 Å². The Kier molecular flexibility index (Phi) is 8.75. The molecule has 0 aromatic heterocycles. The van der Waals surface area contributed by atoms with Crippen LogP contribution in [-0.2, 0) is 9.59 Å². The molecule has 0 aliphatic carbocycles. The fourth-order valence-electron chi connectivity index (χ4n) is 2.38. The molecule has 0 unspecified atom stereocenters. The van der Waals surface area contributed by atoms with Gasteiger partial charge in [-0.3, -0.25) is 9.59 Å². The van der Waals surface area contributed by atoms with Gasteiger partial charge in [0, 0.05) is 25.9 Å². The van der Waals surface area contributed by atoms with Gasteiger partial charge in [-0.1, -0.05) is 13.0 Å². The molecule has 1 N–H and O–H groups in total. The Morgan fingerprint density at radius 1 is 1.03 bits per heavy atom. The Hall–Kier alpha value is -3.48. The standard InChI is InChI=1S/C23H28N2O5/c1-5-14-29-20-12-6-17(15-21(20)28-4)7-13-22(26)24-18-8-10-19(11-9-18)30-16-23(27)25(2)3/h6-13,15H,5,14,16H2,1-4H3,(H,24,26)/b13-7+. The van der Waals surface area contributed by atoms with Crippen LogP contribution in [0.3, 0.4) is 0 Å². The van der Waals surface area contributed by atoms with Crippen molar-refractivity contribution in [2.24, 2.45) is 0 Å². The van der Waals surface area contributed by atoms with Crippen molar-refractivity contribution < 1.29 is 23.8 Å². The summed E-state index contributed by atoms with van der Waals surface area (Å²) in [5.41, 5.74) is 1.44. The lowest BCUT2D eigenvalue weighted by Gasteiger charge is -2.11. The van der Waals surface area contributed by atoms with Crippen LogP contribution in [0, 0.1) is 0 Å². The third-order valence-electron chi connectivity index (χ3n) is 4.06. The number of carbonyl (C=O) groups is 2. The van der Waals surface area contributed by atoms with E-state index in [-0.39, 0.29) is 18.4 Å². The Morgan fingerprint density at radius 2 is 1.77 bits per heavy atom. The smallest absolute Gasteiger partial charge is 0.259 e. The highest BCUT2D eigenvalue weighted by Crippen LogP contribution is 2.28. The zero-order valence-corrected chi connectivity index (χ0v) is 17.8. The summed E-state index contributed by atoms with van der Waals surface area (Å²) in [7, 11) is 4.92. The Labute approximate surface area is 177 Å². The van der Waals surface area contributed by atoms with Crippen molar-refractivity contribution in [2.45, 2.75) is 13.3 Å². The molecule has 0 atom stereocenters. The van der Waals surface area contributed by atoms with E-state index in [1.165, 1.54) is 11.0 Å². The third-order valence-corrected chi connectivity index (χ3v) is 4.06. The number of carbonyl (C=O) groups excluding carboxylic acids is 2. The highest BCUT2D eigenvalue weighted by atomic mass is 16.5. The lowest BCUT2D eigenvalue weighted by molar-refractivity contribution is -0.130. The van der Waals surface area contributed by atoms with Gasteiger partial charge in [0.25, 0.3) is 5.91 Å². The molecule has 0 aliphatic heterocycles. The highest BCUT2D eigenvalue weighted by Gasteiger charge is 2.06. The van der Waals surface area contributed by atoms with Crippen molar-refractivity contribution in [2.75, 3.05) is 39.7 Å². The van der Waals surface area contributed by atoms with E-state index in [0.29, 0.717) is 29.5 Å². The largest absolute Gasteiger partial charge is 0.493 e. The van der Waals surface area contributed by atoms with Crippen molar-refractivity contribution in [1.82, 2.24) is 4.90 Å². The number of nitrogens with zero attached hydrogens (tertiary/aromatic N) is 1. The first-order valence-electron chi connectivity index (χ1n) is 9.65. The Balaban J connectivity index is 1.92. The Morgan fingerprint density at radius 3 is 2.40 bits per heavy atom. The summed E-state index contributed by atoms with van der Waals surface area (Å²) in [5.74, 6) is 1.46. The van der Waals surface area contributed by atoms with Crippen LogP contribution < -0.4 is 19.5 Å². The molecule has 0 spiro atoms. The molecule has 2 aromatic carbocycles. The van der Waals surface area contributed by atoms with E-state index < -0.39 is 0 Å². The maximum Gasteiger partial charge on any atom is 0.259 e. The molecule has 2 aromatic rings. The van der Waals surface area contributed by atoms with Gasteiger partial charge in [-0.2, -0.15) is 0 Å². The molecule has 2 amide bonds. The van der Waals surface area contributed by atoms with Gasteiger partial charge in [0.2, 0.25) is 5.91 Å². The summed E-state index contributed by atoms with van der Waals surface area (Å²) in [6, 6.07) is 12.3. The van der Waals surface area contributed by atoms with Gasteiger partial charge in [0.15, 0.2) is 18.1 Å². The summed E-state index contributed by atoms with van der Waals surface area (Å²) < 4.78 is 16.4. The van der Waals surface area contributed by atoms with Gasteiger partial charge in [-0.15, -0.1) is 0 Å². The van der Waals surface area contributed by atoms with Gasteiger partial charge in [-0.25, -0.2) is 0 Å². The molecule has 7 heteroatoms. The SMILES string of the molecule is CCCOc1ccc(/C=C/C(=O)Nc2ccc(OCC(=O)N(C)C)cc2)cc1OC. The van der Waals surface area contributed by atoms with Crippen LogP contribution in [0.1, 0.15) is 18.9 Å². The molecule has 30 heavy (non-hydrogen) atoms. The summed E-state index contributed by atoms with van der Waals surface area (Å²) in [4.78, 5) is 25.2.